The highest BCUT2D eigenvalue weighted by molar-refractivity contribution is 6.01. The van der Waals surface area contributed by atoms with Crippen LogP contribution < -0.4 is 5.32 Å². The molecule has 1 heterocycles. The van der Waals surface area contributed by atoms with E-state index in [1.165, 1.54) is 0 Å². The molecule has 1 fully saturated rings. The molecule has 1 unspecified atom stereocenters. The van der Waals surface area contributed by atoms with Gasteiger partial charge in [0, 0.05) is 19.8 Å². The molecule has 4 heteroatoms. The third kappa shape index (κ3) is 3.16. The molecule has 1 saturated heterocycles. The van der Waals surface area contributed by atoms with Gasteiger partial charge in [0.25, 0.3) is 5.91 Å². The predicted molar refractivity (Wildman–Crippen MR) is 81.5 cm³/mol. The predicted octanol–water partition coefficient (Wildman–Crippen LogP) is 2.70. The number of phenols is 1. The zero-order chi connectivity index (χ0) is 14.7. The number of fused-ring (bicyclic) bond motifs is 1. The number of phenolic OH excluding ortho intramolecular Hbond substituents is 1. The fourth-order valence-electron chi connectivity index (χ4n) is 2.71. The van der Waals surface area contributed by atoms with Gasteiger partial charge in [-0.2, -0.15) is 0 Å². The van der Waals surface area contributed by atoms with Crippen molar-refractivity contribution in [1.29, 1.82) is 0 Å². The molecule has 2 aromatic carbocycles. The Bertz CT molecular complexity index is 648. The molecule has 0 saturated carbocycles. The Labute approximate surface area is 123 Å². The van der Waals surface area contributed by atoms with E-state index in [2.05, 4.69) is 5.32 Å². The van der Waals surface area contributed by atoms with Crippen molar-refractivity contribution in [1.82, 2.24) is 5.32 Å². The summed E-state index contributed by atoms with van der Waals surface area (Å²) >= 11 is 0. The SMILES string of the molecule is O=C(NCCC1CCOC1)c1cc2ccccc2cc1O. The quantitative estimate of drug-likeness (QED) is 0.908. The second kappa shape index (κ2) is 6.14. The lowest BCUT2D eigenvalue weighted by atomic mass is 10.0. The van der Waals surface area contributed by atoms with Gasteiger partial charge in [0.05, 0.1) is 5.56 Å². The average Bonchev–Trinajstić information content (AvgIpc) is 2.99. The molecular formula is C17H19NO3. The van der Waals surface area contributed by atoms with Gasteiger partial charge in [-0.3, -0.25) is 4.79 Å². The van der Waals surface area contributed by atoms with E-state index in [1.54, 1.807) is 12.1 Å². The Morgan fingerprint density at radius 3 is 2.76 bits per heavy atom. The highest BCUT2D eigenvalue weighted by Crippen LogP contribution is 2.25. The molecule has 110 valence electrons. The lowest BCUT2D eigenvalue weighted by Gasteiger charge is -2.10. The van der Waals surface area contributed by atoms with Gasteiger partial charge >= 0.3 is 0 Å². The molecule has 3 rings (SSSR count). The molecular weight excluding hydrogens is 266 g/mol. The van der Waals surface area contributed by atoms with Crippen LogP contribution in [-0.4, -0.2) is 30.8 Å². The fourth-order valence-corrected chi connectivity index (χ4v) is 2.71. The molecule has 21 heavy (non-hydrogen) atoms. The average molecular weight is 285 g/mol. The summed E-state index contributed by atoms with van der Waals surface area (Å²) < 4.78 is 5.31. The van der Waals surface area contributed by atoms with Crippen LogP contribution in [0.2, 0.25) is 0 Å². The molecule has 0 radical (unpaired) electrons. The first kappa shape index (κ1) is 13.9. The van der Waals surface area contributed by atoms with E-state index in [0.29, 0.717) is 18.0 Å². The maximum Gasteiger partial charge on any atom is 0.255 e. The van der Waals surface area contributed by atoms with Gasteiger partial charge in [-0.15, -0.1) is 0 Å². The smallest absolute Gasteiger partial charge is 0.255 e. The van der Waals surface area contributed by atoms with E-state index in [0.717, 1.165) is 36.8 Å². The van der Waals surface area contributed by atoms with Crippen molar-refractivity contribution < 1.29 is 14.6 Å². The molecule has 0 aliphatic carbocycles. The highest BCUT2D eigenvalue weighted by atomic mass is 16.5. The van der Waals surface area contributed by atoms with Crippen LogP contribution in [0.4, 0.5) is 0 Å². The normalized spacial score (nSPS) is 18.0. The first-order valence-corrected chi connectivity index (χ1v) is 7.32. The number of amides is 1. The number of carbonyl (C=O) groups is 1. The largest absolute Gasteiger partial charge is 0.507 e. The standard InChI is InChI=1S/C17H19NO3/c19-16-10-14-4-2-1-3-13(14)9-15(16)17(20)18-7-5-12-6-8-21-11-12/h1-4,9-10,12,19H,5-8,11H2,(H,18,20). The van der Waals surface area contributed by atoms with Crippen LogP contribution in [0.3, 0.4) is 0 Å². The van der Waals surface area contributed by atoms with Crippen molar-refractivity contribution in [2.75, 3.05) is 19.8 Å². The summed E-state index contributed by atoms with van der Waals surface area (Å²) in [5, 5.41) is 14.8. The maximum atomic E-state index is 12.2. The molecule has 0 bridgehead atoms. The zero-order valence-corrected chi connectivity index (χ0v) is 11.8. The van der Waals surface area contributed by atoms with E-state index < -0.39 is 0 Å². The molecule has 1 aliphatic rings. The van der Waals surface area contributed by atoms with E-state index in [4.69, 9.17) is 4.74 Å². The minimum absolute atomic E-state index is 0.0235. The van der Waals surface area contributed by atoms with Gasteiger partial charge < -0.3 is 15.2 Å². The third-order valence-corrected chi connectivity index (χ3v) is 3.97. The first-order valence-electron chi connectivity index (χ1n) is 7.32. The Morgan fingerprint density at radius 1 is 1.29 bits per heavy atom. The van der Waals surface area contributed by atoms with Gasteiger partial charge in [0.2, 0.25) is 0 Å². The molecule has 0 spiro atoms. The number of ether oxygens (including phenoxy) is 1. The third-order valence-electron chi connectivity index (χ3n) is 3.97. The van der Waals surface area contributed by atoms with Gasteiger partial charge in [0.15, 0.2) is 0 Å². The van der Waals surface area contributed by atoms with Crippen molar-refractivity contribution in [3.8, 4) is 5.75 Å². The molecule has 1 amide bonds. The van der Waals surface area contributed by atoms with Crippen LogP contribution in [0.25, 0.3) is 10.8 Å². The number of rotatable bonds is 4. The molecule has 2 aromatic rings. The van der Waals surface area contributed by atoms with Crippen molar-refractivity contribution in [3.63, 3.8) is 0 Å². The number of hydrogen-bond acceptors (Lipinski definition) is 3. The van der Waals surface area contributed by atoms with Crippen LogP contribution in [0.5, 0.6) is 5.75 Å². The van der Waals surface area contributed by atoms with Crippen molar-refractivity contribution in [2.24, 2.45) is 5.92 Å². The van der Waals surface area contributed by atoms with Gasteiger partial charge in [-0.1, -0.05) is 24.3 Å². The lowest BCUT2D eigenvalue weighted by Crippen LogP contribution is -2.26. The van der Waals surface area contributed by atoms with Crippen LogP contribution in [0.15, 0.2) is 36.4 Å². The highest BCUT2D eigenvalue weighted by Gasteiger charge is 2.16. The zero-order valence-electron chi connectivity index (χ0n) is 11.8. The summed E-state index contributed by atoms with van der Waals surface area (Å²) in [6, 6.07) is 11.0. The van der Waals surface area contributed by atoms with Crippen LogP contribution >= 0.6 is 0 Å². The van der Waals surface area contributed by atoms with Gasteiger partial charge in [-0.25, -0.2) is 0 Å². The summed E-state index contributed by atoms with van der Waals surface area (Å²) in [7, 11) is 0. The maximum absolute atomic E-state index is 12.2. The van der Waals surface area contributed by atoms with Gasteiger partial charge in [0.1, 0.15) is 5.75 Å². The Hall–Kier alpha value is -2.07. The Balaban J connectivity index is 1.67. The monoisotopic (exact) mass is 285 g/mol. The summed E-state index contributed by atoms with van der Waals surface area (Å²) in [4.78, 5) is 12.2. The first-order chi connectivity index (χ1) is 10.2. The summed E-state index contributed by atoms with van der Waals surface area (Å²) in [6.45, 7) is 2.22. The molecule has 1 atom stereocenters. The van der Waals surface area contributed by atoms with E-state index in [-0.39, 0.29) is 11.7 Å². The van der Waals surface area contributed by atoms with Crippen LogP contribution in [0.1, 0.15) is 23.2 Å². The van der Waals surface area contributed by atoms with Crippen LogP contribution in [0, 0.1) is 5.92 Å². The Morgan fingerprint density at radius 2 is 2.05 bits per heavy atom. The van der Waals surface area contributed by atoms with Crippen molar-refractivity contribution in [2.45, 2.75) is 12.8 Å². The minimum atomic E-state index is -0.225. The topological polar surface area (TPSA) is 58.6 Å². The van der Waals surface area contributed by atoms with E-state index >= 15 is 0 Å². The summed E-state index contributed by atoms with van der Waals surface area (Å²) in [6.07, 6.45) is 1.98. The van der Waals surface area contributed by atoms with Gasteiger partial charge in [-0.05, 0) is 41.7 Å². The number of benzene rings is 2. The van der Waals surface area contributed by atoms with Crippen LogP contribution in [-0.2, 0) is 4.74 Å². The van der Waals surface area contributed by atoms with Crippen molar-refractivity contribution >= 4 is 16.7 Å². The number of carbonyl (C=O) groups excluding carboxylic acids is 1. The second-order valence-corrected chi connectivity index (χ2v) is 5.49. The lowest BCUT2D eigenvalue weighted by molar-refractivity contribution is 0.0948. The number of nitrogens with one attached hydrogen (secondary N) is 1. The summed E-state index contributed by atoms with van der Waals surface area (Å²) in [5.74, 6) is 0.336. The van der Waals surface area contributed by atoms with E-state index in [1.807, 2.05) is 24.3 Å². The minimum Gasteiger partial charge on any atom is -0.507 e. The second-order valence-electron chi connectivity index (χ2n) is 5.49. The van der Waals surface area contributed by atoms with E-state index in [9.17, 15) is 9.90 Å². The number of hydrogen-bond donors (Lipinski definition) is 2. The molecule has 1 aliphatic heterocycles. The molecule has 4 nitrogen and oxygen atoms in total. The summed E-state index contributed by atoms with van der Waals surface area (Å²) in [5.41, 5.74) is 0.330. The number of aromatic hydroxyl groups is 1. The molecule has 0 aromatic heterocycles. The fraction of sp³-hybridized carbons (Fsp3) is 0.353. The van der Waals surface area contributed by atoms with Crippen molar-refractivity contribution in [3.05, 3.63) is 42.0 Å². The Kier molecular flexibility index (Phi) is 4.06. The molecule has 2 N–H and O–H groups in total.